The summed E-state index contributed by atoms with van der Waals surface area (Å²) < 4.78 is 10.7. The molecule has 22 heavy (non-hydrogen) atoms. The normalized spacial score (nSPS) is 12.0. The Morgan fingerprint density at radius 2 is 2.09 bits per heavy atom. The number of ether oxygens (including phenoxy) is 2. The van der Waals surface area contributed by atoms with Crippen molar-refractivity contribution in [2.24, 2.45) is 5.73 Å². The van der Waals surface area contributed by atoms with E-state index in [1.54, 1.807) is 20.1 Å². The first-order valence-corrected chi connectivity index (χ1v) is 7.21. The van der Waals surface area contributed by atoms with Gasteiger partial charge >= 0.3 is 0 Å². The highest BCUT2D eigenvalue weighted by Crippen LogP contribution is 2.30. The summed E-state index contributed by atoms with van der Waals surface area (Å²) in [7, 11) is 1.55. The van der Waals surface area contributed by atoms with Crippen LogP contribution in [0, 0.1) is 0 Å². The molecule has 1 amide bonds. The van der Waals surface area contributed by atoms with Crippen LogP contribution in [0.15, 0.2) is 18.2 Å². The Labute approximate surface area is 130 Å². The number of carbonyl (C=O) groups is 1. The number of benzene rings is 1. The van der Waals surface area contributed by atoms with Crippen molar-refractivity contribution in [2.45, 2.75) is 19.6 Å². The number of aliphatic hydroxyl groups is 1. The summed E-state index contributed by atoms with van der Waals surface area (Å²) >= 11 is 0. The largest absolute Gasteiger partial charge is 0.493 e. The number of rotatable bonds is 11. The van der Waals surface area contributed by atoms with Crippen molar-refractivity contribution in [2.75, 3.05) is 33.4 Å². The van der Waals surface area contributed by atoms with E-state index in [2.05, 4.69) is 10.6 Å². The monoisotopic (exact) mass is 311 g/mol. The molecule has 1 unspecified atom stereocenters. The molecule has 0 saturated carbocycles. The molecule has 7 heteroatoms. The number of nitrogens with two attached hydrogens (primary N) is 1. The van der Waals surface area contributed by atoms with Crippen LogP contribution in [0.1, 0.15) is 12.5 Å². The fraction of sp³-hybridized carbons (Fsp3) is 0.533. The molecule has 0 aliphatic carbocycles. The minimum atomic E-state index is -0.535. The zero-order valence-electron chi connectivity index (χ0n) is 13.1. The van der Waals surface area contributed by atoms with Gasteiger partial charge in [0.1, 0.15) is 0 Å². The number of hydrogen-bond donors (Lipinski definition) is 4. The van der Waals surface area contributed by atoms with Gasteiger partial charge in [0.2, 0.25) is 0 Å². The first-order valence-electron chi connectivity index (χ1n) is 7.21. The third-order valence-electron chi connectivity index (χ3n) is 2.87. The van der Waals surface area contributed by atoms with Crippen molar-refractivity contribution in [1.82, 2.24) is 10.6 Å². The van der Waals surface area contributed by atoms with Gasteiger partial charge in [-0.25, -0.2) is 0 Å². The molecule has 0 bridgehead atoms. The van der Waals surface area contributed by atoms with Crippen LogP contribution in [-0.2, 0) is 11.3 Å². The predicted octanol–water partition coefficient (Wildman–Crippen LogP) is -0.381. The van der Waals surface area contributed by atoms with Crippen LogP contribution in [0.3, 0.4) is 0 Å². The number of amides is 1. The third-order valence-corrected chi connectivity index (χ3v) is 2.87. The summed E-state index contributed by atoms with van der Waals surface area (Å²) in [4.78, 5) is 10.9. The summed E-state index contributed by atoms with van der Waals surface area (Å²) in [6.07, 6.45) is -0.354. The lowest BCUT2D eigenvalue weighted by Gasteiger charge is -2.15. The van der Waals surface area contributed by atoms with E-state index in [0.29, 0.717) is 24.6 Å². The molecule has 0 aliphatic heterocycles. The van der Waals surface area contributed by atoms with E-state index in [9.17, 15) is 4.79 Å². The number of hydrogen-bond acceptors (Lipinski definition) is 6. The smallest absolute Gasteiger partial charge is 0.255 e. The van der Waals surface area contributed by atoms with Crippen LogP contribution in [0.5, 0.6) is 11.5 Å². The Hall–Kier alpha value is -1.83. The molecule has 0 saturated heterocycles. The van der Waals surface area contributed by atoms with E-state index < -0.39 is 5.91 Å². The molecule has 5 N–H and O–H groups in total. The molecule has 0 heterocycles. The maximum absolute atomic E-state index is 10.9. The second kappa shape index (κ2) is 9.99. The third kappa shape index (κ3) is 6.75. The standard InChI is InChI=1S/C15H25N3O4/c1-11(19)8-17-6-7-18-9-12-4-3-5-13(21-2)15(12)22-10-14(16)20/h3-5,11,17-19H,6-10H2,1-2H3,(H2,16,20). The molecule has 0 fully saturated rings. The minimum absolute atomic E-state index is 0.191. The quantitative estimate of drug-likeness (QED) is 0.415. The average molecular weight is 311 g/mol. The Morgan fingerprint density at radius 1 is 1.36 bits per heavy atom. The lowest BCUT2D eigenvalue weighted by atomic mass is 10.2. The highest BCUT2D eigenvalue weighted by Gasteiger charge is 2.11. The fourth-order valence-electron chi connectivity index (χ4n) is 1.88. The highest BCUT2D eigenvalue weighted by atomic mass is 16.5. The van der Waals surface area contributed by atoms with E-state index >= 15 is 0 Å². The number of para-hydroxylation sites is 1. The highest BCUT2D eigenvalue weighted by molar-refractivity contribution is 5.75. The SMILES string of the molecule is COc1cccc(CNCCNCC(C)O)c1OCC(N)=O. The molecule has 0 aromatic heterocycles. The Bertz CT molecular complexity index is 466. The van der Waals surface area contributed by atoms with E-state index in [1.165, 1.54) is 0 Å². The van der Waals surface area contributed by atoms with Gasteiger partial charge in [0.25, 0.3) is 5.91 Å². The van der Waals surface area contributed by atoms with Gasteiger partial charge in [-0.15, -0.1) is 0 Å². The molecule has 124 valence electrons. The summed E-state index contributed by atoms with van der Waals surface area (Å²) in [5.41, 5.74) is 6.00. The summed E-state index contributed by atoms with van der Waals surface area (Å²) in [5, 5.41) is 15.5. The summed E-state index contributed by atoms with van der Waals surface area (Å²) in [6.45, 7) is 4.16. The van der Waals surface area contributed by atoms with Crippen molar-refractivity contribution < 1.29 is 19.4 Å². The van der Waals surface area contributed by atoms with Gasteiger partial charge in [-0.1, -0.05) is 12.1 Å². The Morgan fingerprint density at radius 3 is 2.73 bits per heavy atom. The van der Waals surface area contributed by atoms with Gasteiger partial charge in [0.05, 0.1) is 13.2 Å². The van der Waals surface area contributed by atoms with Gasteiger partial charge in [-0.2, -0.15) is 0 Å². The lowest BCUT2D eigenvalue weighted by molar-refractivity contribution is -0.119. The lowest BCUT2D eigenvalue weighted by Crippen LogP contribution is -2.31. The summed E-state index contributed by atoms with van der Waals surface area (Å²) in [6, 6.07) is 5.53. The van der Waals surface area contributed by atoms with Gasteiger partial charge in [-0.05, 0) is 13.0 Å². The molecule has 0 aliphatic rings. The molecule has 1 aromatic carbocycles. The number of primary amides is 1. The van der Waals surface area contributed by atoms with Gasteiger partial charge < -0.3 is 30.9 Å². The Balaban J connectivity index is 2.52. The van der Waals surface area contributed by atoms with Gasteiger partial charge in [-0.3, -0.25) is 4.79 Å². The maximum Gasteiger partial charge on any atom is 0.255 e. The Kier molecular flexibility index (Phi) is 8.27. The van der Waals surface area contributed by atoms with Crippen LogP contribution in [0.25, 0.3) is 0 Å². The molecule has 1 aromatic rings. The van der Waals surface area contributed by atoms with Crippen LogP contribution in [0.4, 0.5) is 0 Å². The molecule has 0 radical (unpaired) electrons. The van der Waals surface area contributed by atoms with E-state index in [1.807, 2.05) is 12.1 Å². The number of carbonyl (C=O) groups excluding carboxylic acids is 1. The zero-order valence-corrected chi connectivity index (χ0v) is 13.1. The molecule has 1 rings (SSSR count). The first kappa shape index (κ1) is 18.2. The van der Waals surface area contributed by atoms with Crippen LogP contribution in [-0.4, -0.2) is 50.5 Å². The predicted molar refractivity (Wildman–Crippen MR) is 83.9 cm³/mol. The van der Waals surface area contributed by atoms with Gasteiger partial charge in [0, 0.05) is 31.7 Å². The van der Waals surface area contributed by atoms with E-state index in [4.69, 9.17) is 20.3 Å². The second-order valence-electron chi connectivity index (χ2n) is 4.93. The average Bonchev–Trinajstić information content (AvgIpc) is 2.48. The number of aliphatic hydroxyl groups excluding tert-OH is 1. The molecular formula is C15H25N3O4. The maximum atomic E-state index is 10.9. The summed E-state index contributed by atoms with van der Waals surface area (Å²) in [5.74, 6) is 0.549. The number of methoxy groups -OCH3 is 1. The van der Waals surface area contributed by atoms with E-state index in [0.717, 1.165) is 18.7 Å². The molecule has 1 atom stereocenters. The fourth-order valence-corrected chi connectivity index (χ4v) is 1.88. The van der Waals surface area contributed by atoms with Crippen molar-refractivity contribution in [1.29, 1.82) is 0 Å². The number of nitrogens with one attached hydrogen (secondary N) is 2. The van der Waals surface area contributed by atoms with Crippen molar-refractivity contribution in [3.8, 4) is 11.5 Å². The second-order valence-corrected chi connectivity index (χ2v) is 4.93. The minimum Gasteiger partial charge on any atom is -0.493 e. The van der Waals surface area contributed by atoms with Crippen molar-refractivity contribution >= 4 is 5.91 Å². The topological polar surface area (TPSA) is 106 Å². The molecule has 0 spiro atoms. The van der Waals surface area contributed by atoms with Crippen LogP contribution < -0.4 is 25.8 Å². The van der Waals surface area contributed by atoms with Crippen molar-refractivity contribution in [3.05, 3.63) is 23.8 Å². The molecule has 7 nitrogen and oxygen atoms in total. The van der Waals surface area contributed by atoms with E-state index in [-0.39, 0.29) is 12.7 Å². The zero-order chi connectivity index (χ0) is 16.4. The van der Waals surface area contributed by atoms with Crippen LogP contribution in [0.2, 0.25) is 0 Å². The molecular weight excluding hydrogens is 286 g/mol. The van der Waals surface area contributed by atoms with Gasteiger partial charge in [0.15, 0.2) is 18.1 Å². The van der Waals surface area contributed by atoms with Crippen LogP contribution >= 0.6 is 0 Å². The first-order chi connectivity index (χ1) is 10.5. The van der Waals surface area contributed by atoms with Crippen molar-refractivity contribution in [3.63, 3.8) is 0 Å².